The van der Waals surface area contributed by atoms with Gasteiger partial charge < -0.3 is 20.3 Å². The molecule has 1 aliphatic carbocycles. The van der Waals surface area contributed by atoms with Crippen LogP contribution in [0.2, 0.25) is 0 Å². The van der Waals surface area contributed by atoms with Gasteiger partial charge in [-0.25, -0.2) is 4.79 Å². The van der Waals surface area contributed by atoms with E-state index >= 15 is 0 Å². The predicted octanol–water partition coefficient (Wildman–Crippen LogP) is 2.74. The fourth-order valence-electron chi connectivity index (χ4n) is 3.68. The Morgan fingerprint density at radius 1 is 1.17 bits per heavy atom. The monoisotopic (exact) mass is 338 g/mol. The van der Waals surface area contributed by atoms with Crippen LogP contribution in [0.25, 0.3) is 0 Å². The van der Waals surface area contributed by atoms with Gasteiger partial charge in [-0.05, 0) is 32.1 Å². The smallest absolute Gasteiger partial charge is 0.409 e. The van der Waals surface area contributed by atoms with Gasteiger partial charge in [0.15, 0.2) is 5.96 Å². The summed E-state index contributed by atoms with van der Waals surface area (Å²) in [5.74, 6) is 1.78. The summed E-state index contributed by atoms with van der Waals surface area (Å²) in [5.41, 5.74) is 0. The molecule has 0 aromatic carbocycles. The summed E-state index contributed by atoms with van der Waals surface area (Å²) in [6, 6.07) is 0.372. The largest absolute Gasteiger partial charge is 0.450 e. The lowest BCUT2D eigenvalue weighted by Gasteiger charge is -2.32. The summed E-state index contributed by atoms with van der Waals surface area (Å²) in [7, 11) is 1.82. The van der Waals surface area contributed by atoms with Crippen LogP contribution in [-0.2, 0) is 4.74 Å². The van der Waals surface area contributed by atoms with Crippen LogP contribution >= 0.6 is 0 Å². The van der Waals surface area contributed by atoms with Gasteiger partial charge in [-0.2, -0.15) is 0 Å². The van der Waals surface area contributed by atoms with Gasteiger partial charge in [-0.1, -0.05) is 32.1 Å². The van der Waals surface area contributed by atoms with E-state index < -0.39 is 0 Å². The molecule has 2 rings (SSSR count). The number of rotatable bonds is 5. The average molecular weight is 338 g/mol. The number of carbonyl (C=O) groups excluding carboxylic acids is 1. The van der Waals surface area contributed by atoms with Crippen molar-refractivity contribution in [3.05, 3.63) is 0 Å². The molecule has 0 unspecified atom stereocenters. The van der Waals surface area contributed by atoms with Crippen LogP contribution in [0.5, 0.6) is 0 Å². The van der Waals surface area contributed by atoms with Crippen molar-refractivity contribution in [2.24, 2.45) is 10.9 Å². The van der Waals surface area contributed by atoms with Crippen molar-refractivity contribution in [3.63, 3.8) is 0 Å². The van der Waals surface area contributed by atoms with Gasteiger partial charge in [-0.3, -0.25) is 4.99 Å². The molecule has 6 nitrogen and oxygen atoms in total. The number of hydrogen-bond acceptors (Lipinski definition) is 3. The molecule has 1 saturated carbocycles. The number of nitrogens with one attached hydrogen (secondary N) is 2. The van der Waals surface area contributed by atoms with Gasteiger partial charge in [0, 0.05) is 32.7 Å². The fraction of sp³-hybridized carbons (Fsp3) is 0.889. The van der Waals surface area contributed by atoms with Crippen molar-refractivity contribution in [2.45, 2.75) is 64.3 Å². The zero-order chi connectivity index (χ0) is 17.2. The highest BCUT2D eigenvalue weighted by molar-refractivity contribution is 5.80. The number of guanidine groups is 1. The van der Waals surface area contributed by atoms with Crippen molar-refractivity contribution in [3.8, 4) is 0 Å². The lowest BCUT2D eigenvalue weighted by molar-refractivity contribution is 0.0963. The zero-order valence-electron chi connectivity index (χ0n) is 15.4. The number of likely N-dealkylation sites (tertiary alicyclic amines) is 1. The SMILES string of the molecule is CCOC(=O)N1CCC(NC(=NC)NCCC2CCCCC2)CC1. The number of piperidine rings is 1. The Morgan fingerprint density at radius 2 is 1.88 bits per heavy atom. The predicted molar refractivity (Wildman–Crippen MR) is 97.3 cm³/mol. The molecule has 138 valence electrons. The molecule has 0 bridgehead atoms. The third-order valence-electron chi connectivity index (χ3n) is 5.16. The Hall–Kier alpha value is -1.46. The molecular formula is C18H34N4O2. The lowest BCUT2D eigenvalue weighted by atomic mass is 9.87. The second-order valence-corrected chi connectivity index (χ2v) is 6.90. The maximum Gasteiger partial charge on any atom is 0.409 e. The molecule has 2 N–H and O–H groups in total. The normalized spacial score (nSPS) is 20.8. The van der Waals surface area contributed by atoms with Crippen molar-refractivity contribution in [1.82, 2.24) is 15.5 Å². The first-order valence-electron chi connectivity index (χ1n) is 9.61. The quantitative estimate of drug-likeness (QED) is 0.597. The Bertz CT molecular complexity index is 400. The van der Waals surface area contributed by atoms with E-state index in [9.17, 15) is 4.79 Å². The third kappa shape index (κ3) is 6.21. The van der Waals surface area contributed by atoms with E-state index in [1.54, 1.807) is 4.90 Å². The number of aliphatic imine (C=N–C) groups is 1. The van der Waals surface area contributed by atoms with Gasteiger partial charge in [0.2, 0.25) is 0 Å². The highest BCUT2D eigenvalue weighted by Gasteiger charge is 2.24. The minimum atomic E-state index is -0.189. The Morgan fingerprint density at radius 3 is 2.50 bits per heavy atom. The molecule has 24 heavy (non-hydrogen) atoms. The summed E-state index contributed by atoms with van der Waals surface area (Å²) < 4.78 is 5.06. The summed E-state index contributed by atoms with van der Waals surface area (Å²) in [5, 5.41) is 6.95. The molecule has 0 radical (unpaired) electrons. The Balaban J connectivity index is 1.63. The lowest BCUT2D eigenvalue weighted by Crippen LogP contribution is -2.50. The van der Waals surface area contributed by atoms with Gasteiger partial charge in [0.25, 0.3) is 0 Å². The van der Waals surface area contributed by atoms with E-state index in [1.807, 2.05) is 14.0 Å². The van der Waals surface area contributed by atoms with Crippen molar-refractivity contribution in [1.29, 1.82) is 0 Å². The highest BCUT2D eigenvalue weighted by atomic mass is 16.6. The molecule has 0 atom stereocenters. The summed E-state index contributed by atoms with van der Waals surface area (Å²) >= 11 is 0. The molecular weight excluding hydrogens is 304 g/mol. The van der Waals surface area contributed by atoms with Gasteiger partial charge in [0.1, 0.15) is 0 Å². The fourth-order valence-corrected chi connectivity index (χ4v) is 3.68. The van der Waals surface area contributed by atoms with Crippen LogP contribution in [0.15, 0.2) is 4.99 Å². The van der Waals surface area contributed by atoms with E-state index in [1.165, 1.54) is 38.5 Å². The molecule has 1 saturated heterocycles. The van der Waals surface area contributed by atoms with Crippen LogP contribution in [-0.4, -0.2) is 56.3 Å². The van der Waals surface area contributed by atoms with Crippen LogP contribution < -0.4 is 10.6 Å². The first-order valence-corrected chi connectivity index (χ1v) is 9.61. The Labute approximate surface area is 146 Å². The molecule has 2 aliphatic rings. The molecule has 0 spiro atoms. The third-order valence-corrected chi connectivity index (χ3v) is 5.16. The summed E-state index contributed by atoms with van der Waals surface area (Å²) in [6.07, 6.45) is 9.91. The standard InChI is InChI=1S/C18H34N4O2/c1-3-24-18(23)22-13-10-16(11-14-22)21-17(19-2)20-12-9-15-7-5-4-6-8-15/h15-16H,3-14H2,1-2H3,(H2,19,20,21). The number of carbonyl (C=O) groups is 1. The first-order chi connectivity index (χ1) is 11.7. The molecule has 1 heterocycles. The highest BCUT2D eigenvalue weighted by Crippen LogP contribution is 2.25. The van der Waals surface area contributed by atoms with Crippen molar-refractivity contribution in [2.75, 3.05) is 33.3 Å². The zero-order valence-corrected chi connectivity index (χ0v) is 15.4. The van der Waals surface area contributed by atoms with Gasteiger partial charge >= 0.3 is 6.09 Å². The van der Waals surface area contributed by atoms with Gasteiger partial charge in [0.05, 0.1) is 6.61 Å². The molecule has 1 amide bonds. The van der Waals surface area contributed by atoms with E-state index in [0.717, 1.165) is 44.4 Å². The van der Waals surface area contributed by atoms with E-state index in [4.69, 9.17) is 4.74 Å². The second-order valence-electron chi connectivity index (χ2n) is 6.90. The molecule has 0 aromatic rings. The minimum Gasteiger partial charge on any atom is -0.450 e. The van der Waals surface area contributed by atoms with E-state index in [2.05, 4.69) is 15.6 Å². The number of nitrogens with zero attached hydrogens (tertiary/aromatic N) is 2. The summed E-state index contributed by atoms with van der Waals surface area (Å²) in [6.45, 7) is 4.76. The maximum absolute atomic E-state index is 11.7. The maximum atomic E-state index is 11.7. The Kier molecular flexibility index (Phi) is 8.19. The van der Waals surface area contributed by atoms with Crippen LogP contribution in [0.1, 0.15) is 58.3 Å². The topological polar surface area (TPSA) is 66.0 Å². The van der Waals surface area contributed by atoms with Crippen LogP contribution in [0.4, 0.5) is 4.79 Å². The second kappa shape index (κ2) is 10.4. The first kappa shape index (κ1) is 18.9. The molecule has 0 aromatic heterocycles. The molecule has 1 aliphatic heterocycles. The minimum absolute atomic E-state index is 0.189. The summed E-state index contributed by atoms with van der Waals surface area (Å²) in [4.78, 5) is 17.9. The number of amides is 1. The molecule has 6 heteroatoms. The van der Waals surface area contributed by atoms with Crippen LogP contribution in [0, 0.1) is 5.92 Å². The molecule has 2 fully saturated rings. The van der Waals surface area contributed by atoms with Gasteiger partial charge in [-0.15, -0.1) is 0 Å². The van der Waals surface area contributed by atoms with E-state index in [0.29, 0.717) is 12.6 Å². The number of hydrogen-bond donors (Lipinski definition) is 2. The van der Waals surface area contributed by atoms with Crippen molar-refractivity contribution >= 4 is 12.1 Å². The number of ether oxygens (including phenoxy) is 1. The van der Waals surface area contributed by atoms with Crippen LogP contribution in [0.3, 0.4) is 0 Å². The average Bonchev–Trinajstić information content (AvgIpc) is 2.62. The van der Waals surface area contributed by atoms with E-state index in [-0.39, 0.29) is 6.09 Å². The van der Waals surface area contributed by atoms with Crippen molar-refractivity contribution < 1.29 is 9.53 Å².